The molecule has 1 unspecified atom stereocenters. The lowest BCUT2D eigenvalue weighted by molar-refractivity contribution is -0.143. The molecule has 4 nitrogen and oxygen atoms in total. The summed E-state index contributed by atoms with van der Waals surface area (Å²) in [4.78, 5) is 14.0. The minimum absolute atomic E-state index is 0.00803. The number of rotatable bonds is 7. The summed E-state index contributed by atoms with van der Waals surface area (Å²) in [5, 5.41) is 11.9. The molecule has 0 radical (unpaired) electrons. The largest absolute Gasteiger partial charge is 0.489 e. The first-order chi connectivity index (χ1) is 16.7. The molecule has 1 saturated heterocycles. The molecule has 4 aromatic rings. The molecule has 1 N–H and O–H groups in total. The third-order valence-electron chi connectivity index (χ3n) is 6.78. The first-order valence-corrected chi connectivity index (χ1v) is 11.9. The monoisotopic (exact) mass is 451 g/mol. The van der Waals surface area contributed by atoms with Crippen LogP contribution in [-0.2, 0) is 11.4 Å². The number of para-hydroxylation sites is 1. The van der Waals surface area contributed by atoms with E-state index >= 15 is 0 Å². The van der Waals surface area contributed by atoms with Gasteiger partial charge >= 0.3 is 5.97 Å². The highest BCUT2D eigenvalue weighted by Gasteiger charge is 2.31. The Morgan fingerprint density at radius 2 is 1.53 bits per heavy atom. The standard InChI is InChI=1S/C30H29NO3/c32-30(33)24-16-18-31(19-17-24)29(26-15-14-23-10-4-5-11-25(23)20-26)27-12-6-7-13-28(27)34-21-22-8-2-1-3-9-22/h1-15,20,24,29H,16-19,21H2,(H,32,33). The van der Waals surface area contributed by atoms with E-state index in [2.05, 4.69) is 71.6 Å². The molecule has 1 fully saturated rings. The Morgan fingerprint density at radius 1 is 0.853 bits per heavy atom. The van der Waals surface area contributed by atoms with Crippen molar-refractivity contribution >= 4 is 16.7 Å². The van der Waals surface area contributed by atoms with Gasteiger partial charge in [-0.25, -0.2) is 0 Å². The number of likely N-dealkylation sites (tertiary alicyclic amines) is 1. The zero-order valence-corrected chi connectivity index (χ0v) is 19.1. The molecular formula is C30H29NO3. The Labute approximate surface area is 200 Å². The van der Waals surface area contributed by atoms with E-state index in [0.29, 0.717) is 19.4 Å². The summed E-state index contributed by atoms with van der Waals surface area (Å²) in [6.45, 7) is 1.98. The van der Waals surface area contributed by atoms with Crippen LogP contribution in [-0.4, -0.2) is 29.1 Å². The molecule has 0 aromatic heterocycles. The van der Waals surface area contributed by atoms with Crippen LogP contribution in [0, 0.1) is 5.92 Å². The smallest absolute Gasteiger partial charge is 0.306 e. The van der Waals surface area contributed by atoms with Crippen LogP contribution >= 0.6 is 0 Å². The van der Waals surface area contributed by atoms with Crippen LogP contribution in [0.2, 0.25) is 0 Å². The van der Waals surface area contributed by atoms with Crippen molar-refractivity contribution in [1.82, 2.24) is 4.90 Å². The van der Waals surface area contributed by atoms with Crippen LogP contribution in [0.3, 0.4) is 0 Å². The first kappa shape index (κ1) is 22.2. The summed E-state index contributed by atoms with van der Waals surface area (Å²) >= 11 is 0. The summed E-state index contributed by atoms with van der Waals surface area (Å²) in [5.41, 5.74) is 3.44. The van der Waals surface area contributed by atoms with Crippen molar-refractivity contribution < 1.29 is 14.6 Å². The van der Waals surface area contributed by atoms with Gasteiger partial charge in [0.05, 0.1) is 12.0 Å². The first-order valence-electron chi connectivity index (χ1n) is 11.9. The van der Waals surface area contributed by atoms with Crippen LogP contribution < -0.4 is 4.74 Å². The predicted octanol–water partition coefficient (Wildman–Crippen LogP) is 6.30. The second kappa shape index (κ2) is 10.1. The third kappa shape index (κ3) is 4.82. The van der Waals surface area contributed by atoms with Gasteiger partial charge in [0.25, 0.3) is 0 Å². The highest BCUT2D eigenvalue weighted by molar-refractivity contribution is 5.83. The van der Waals surface area contributed by atoms with E-state index in [1.807, 2.05) is 30.3 Å². The molecule has 4 aromatic carbocycles. The van der Waals surface area contributed by atoms with Gasteiger partial charge in [0.1, 0.15) is 12.4 Å². The quantitative estimate of drug-likeness (QED) is 0.358. The van der Waals surface area contributed by atoms with Crippen molar-refractivity contribution in [2.75, 3.05) is 13.1 Å². The average Bonchev–Trinajstić information content (AvgIpc) is 2.89. The molecule has 1 aliphatic heterocycles. The average molecular weight is 452 g/mol. The lowest BCUT2D eigenvalue weighted by Gasteiger charge is -2.37. The van der Waals surface area contributed by atoms with Crippen LogP contribution in [0.5, 0.6) is 5.75 Å². The Morgan fingerprint density at radius 3 is 2.29 bits per heavy atom. The molecule has 0 saturated carbocycles. The Kier molecular flexibility index (Phi) is 6.59. The van der Waals surface area contributed by atoms with E-state index < -0.39 is 5.97 Å². The van der Waals surface area contributed by atoms with Gasteiger partial charge in [-0.15, -0.1) is 0 Å². The summed E-state index contributed by atoms with van der Waals surface area (Å²) in [6, 6.07) is 33.5. The number of hydrogen-bond donors (Lipinski definition) is 1. The van der Waals surface area contributed by atoms with Crippen LogP contribution in [0.25, 0.3) is 10.8 Å². The van der Waals surface area contributed by atoms with E-state index in [-0.39, 0.29) is 12.0 Å². The van der Waals surface area contributed by atoms with E-state index in [4.69, 9.17) is 4.74 Å². The lowest BCUT2D eigenvalue weighted by Crippen LogP contribution is -2.39. The van der Waals surface area contributed by atoms with Gasteiger partial charge in [0.2, 0.25) is 0 Å². The number of carboxylic acid groups (broad SMARTS) is 1. The molecule has 4 heteroatoms. The maximum absolute atomic E-state index is 11.6. The van der Waals surface area contributed by atoms with Gasteiger partial charge in [0.15, 0.2) is 0 Å². The third-order valence-corrected chi connectivity index (χ3v) is 6.78. The van der Waals surface area contributed by atoms with Crippen molar-refractivity contribution in [3.8, 4) is 5.75 Å². The van der Waals surface area contributed by atoms with Crippen molar-refractivity contribution in [1.29, 1.82) is 0 Å². The van der Waals surface area contributed by atoms with Crippen LogP contribution in [0.15, 0.2) is 97.1 Å². The number of hydrogen-bond acceptors (Lipinski definition) is 3. The number of fused-ring (bicyclic) bond motifs is 1. The molecule has 0 bridgehead atoms. The fraction of sp³-hybridized carbons (Fsp3) is 0.233. The Balaban J connectivity index is 1.51. The van der Waals surface area contributed by atoms with Gasteiger partial charge in [-0.05, 0) is 60.0 Å². The van der Waals surface area contributed by atoms with Crippen molar-refractivity contribution in [2.45, 2.75) is 25.5 Å². The Hall–Kier alpha value is -3.63. The number of nitrogens with zero attached hydrogens (tertiary/aromatic N) is 1. The van der Waals surface area contributed by atoms with E-state index in [9.17, 15) is 9.90 Å². The zero-order valence-electron chi connectivity index (χ0n) is 19.1. The topological polar surface area (TPSA) is 49.8 Å². The number of ether oxygens (including phenoxy) is 1. The molecule has 1 heterocycles. The van der Waals surface area contributed by atoms with Gasteiger partial charge in [-0.1, -0.05) is 84.9 Å². The maximum atomic E-state index is 11.6. The normalized spacial score (nSPS) is 15.8. The fourth-order valence-corrected chi connectivity index (χ4v) is 4.94. The second-order valence-electron chi connectivity index (χ2n) is 8.97. The highest BCUT2D eigenvalue weighted by Crippen LogP contribution is 2.38. The molecular weight excluding hydrogens is 422 g/mol. The molecule has 0 spiro atoms. The number of aliphatic carboxylic acids is 1. The van der Waals surface area contributed by atoms with Crippen LogP contribution in [0.1, 0.15) is 35.6 Å². The highest BCUT2D eigenvalue weighted by atomic mass is 16.5. The number of carbonyl (C=O) groups is 1. The Bertz CT molecular complexity index is 1260. The van der Waals surface area contributed by atoms with Gasteiger partial charge in [-0.3, -0.25) is 9.69 Å². The van der Waals surface area contributed by atoms with E-state index in [0.717, 1.165) is 30.0 Å². The second-order valence-corrected chi connectivity index (χ2v) is 8.97. The summed E-state index contributed by atoms with van der Waals surface area (Å²) in [5.74, 6) is -0.0866. The number of piperidine rings is 1. The SMILES string of the molecule is O=C(O)C1CCN(C(c2ccc3ccccc3c2)c2ccccc2OCc2ccccc2)CC1. The molecule has 1 atom stereocenters. The summed E-state index contributed by atoms with van der Waals surface area (Å²) < 4.78 is 6.34. The number of benzene rings is 4. The summed E-state index contributed by atoms with van der Waals surface area (Å²) in [6.07, 6.45) is 1.32. The molecule has 172 valence electrons. The molecule has 0 amide bonds. The van der Waals surface area contributed by atoms with Gasteiger partial charge in [-0.2, -0.15) is 0 Å². The molecule has 1 aliphatic rings. The minimum atomic E-state index is -0.687. The lowest BCUT2D eigenvalue weighted by atomic mass is 9.90. The van der Waals surface area contributed by atoms with E-state index in [1.54, 1.807) is 0 Å². The van der Waals surface area contributed by atoms with Gasteiger partial charge < -0.3 is 9.84 Å². The zero-order chi connectivity index (χ0) is 23.3. The van der Waals surface area contributed by atoms with Crippen molar-refractivity contribution in [2.24, 2.45) is 5.92 Å². The van der Waals surface area contributed by atoms with Gasteiger partial charge in [0, 0.05) is 5.56 Å². The van der Waals surface area contributed by atoms with Crippen molar-refractivity contribution in [3.63, 3.8) is 0 Å². The minimum Gasteiger partial charge on any atom is -0.489 e. The molecule has 34 heavy (non-hydrogen) atoms. The fourth-order valence-electron chi connectivity index (χ4n) is 4.94. The van der Waals surface area contributed by atoms with Crippen molar-refractivity contribution in [3.05, 3.63) is 114 Å². The number of carboxylic acids is 1. The maximum Gasteiger partial charge on any atom is 0.306 e. The predicted molar refractivity (Wildman–Crippen MR) is 135 cm³/mol. The molecule has 0 aliphatic carbocycles. The molecule has 5 rings (SSSR count). The summed E-state index contributed by atoms with van der Waals surface area (Å²) in [7, 11) is 0. The van der Waals surface area contributed by atoms with Crippen LogP contribution in [0.4, 0.5) is 0 Å². The van der Waals surface area contributed by atoms with E-state index in [1.165, 1.54) is 16.3 Å².